The van der Waals surface area contributed by atoms with Crippen molar-refractivity contribution in [1.29, 1.82) is 5.26 Å². The molecule has 0 spiro atoms. The third kappa shape index (κ3) is 3.38. The maximum absolute atomic E-state index is 14.1. The molecule has 0 amide bonds. The van der Waals surface area contributed by atoms with Crippen LogP contribution in [-0.2, 0) is 10.4 Å². The number of benzene rings is 2. The number of hydrogen-bond donors (Lipinski definition) is 0. The van der Waals surface area contributed by atoms with Gasteiger partial charge in [-0.25, -0.2) is 9.67 Å². The molecule has 0 bridgehead atoms. The van der Waals surface area contributed by atoms with E-state index < -0.39 is 18.2 Å². The molecule has 1 aliphatic heterocycles. The van der Waals surface area contributed by atoms with Gasteiger partial charge in [-0.2, -0.15) is 23.5 Å². The summed E-state index contributed by atoms with van der Waals surface area (Å²) < 4.78 is 43.7. The molecule has 1 aromatic heterocycles. The average Bonchev–Trinajstić information content (AvgIpc) is 3.37. The van der Waals surface area contributed by atoms with Crippen LogP contribution in [0.1, 0.15) is 23.1 Å². The van der Waals surface area contributed by atoms with Crippen molar-refractivity contribution in [2.24, 2.45) is 5.16 Å². The number of alkyl halides is 3. The SMILES string of the molecule is N#Cc1cc(C2=NO[C@](c3cc(Cl)cc(Cl)c3)(C(F)(F)F)C2)ccc1-n1cncn1. The lowest BCUT2D eigenvalue weighted by atomic mass is 9.86. The molecule has 1 atom stereocenters. The predicted molar refractivity (Wildman–Crippen MR) is 103 cm³/mol. The second kappa shape index (κ2) is 7.31. The van der Waals surface area contributed by atoms with Crippen LogP contribution in [0.3, 0.4) is 0 Å². The summed E-state index contributed by atoms with van der Waals surface area (Å²) >= 11 is 11.8. The average molecular weight is 452 g/mol. The Hall–Kier alpha value is -3.09. The Morgan fingerprint density at radius 1 is 1.13 bits per heavy atom. The quantitative estimate of drug-likeness (QED) is 0.559. The van der Waals surface area contributed by atoms with E-state index >= 15 is 0 Å². The molecule has 11 heteroatoms. The van der Waals surface area contributed by atoms with Crippen LogP contribution in [0.5, 0.6) is 0 Å². The van der Waals surface area contributed by atoms with Crippen molar-refractivity contribution in [3.8, 4) is 11.8 Å². The first-order chi connectivity index (χ1) is 14.2. The third-order valence-corrected chi connectivity index (χ3v) is 5.07. The van der Waals surface area contributed by atoms with Crippen molar-refractivity contribution in [2.75, 3.05) is 0 Å². The summed E-state index contributed by atoms with van der Waals surface area (Å²) in [6, 6.07) is 10.1. The summed E-state index contributed by atoms with van der Waals surface area (Å²) in [4.78, 5) is 8.80. The molecule has 30 heavy (non-hydrogen) atoms. The van der Waals surface area contributed by atoms with Crippen LogP contribution in [0.25, 0.3) is 5.69 Å². The summed E-state index contributed by atoms with van der Waals surface area (Å²) in [5, 5.41) is 17.2. The lowest BCUT2D eigenvalue weighted by Gasteiger charge is -2.29. The van der Waals surface area contributed by atoms with E-state index in [1.807, 2.05) is 6.07 Å². The minimum absolute atomic E-state index is 0.0325. The third-order valence-electron chi connectivity index (χ3n) is 4.63. The Bertz CT molecular complexity index is 1170. The van der Waals surface area contributed by atoms with Crippen molar-refractivity contribution < 1.29 is 18.0 Å². The van der Waals surface area contributed by atoms with Gasteiger partial charge in [-0.1, -0.05) is 34.4 Å². The molecule has 2 heterocycles. The highest BCUT2D eigenvalue weighted by molar-refractivity contribution is 6.34. The lowest BCUT2D eigenvalue weighted by Crippen LogP contribution is -2.42. The van der Waals surface area contributed by atoms with E-state index in [0.717, 1.165) is 12.1 Å². The first-order valence-corrected chi connectivity index (χ1v) is 9.17. The molecule has 152 valence electrons. The topological polar surface area (TPSA) is 76.1 Å². The summed E-state index contributed by atoms with van der Waals surface area (Å²) in [7, 11) is 0. The second-order valence-corrected chi connectivity index (χ2v) is 7.35. The zero-order chi connectivity index (χ0) is 21.5. The smallest absolute Gasteiger partial charge is 0.374 e. The molecule has 0 N–H and O–H groups in total. The first-order valence-electron chi connectivity index (χ1n) is 8.41. The Labute approximate surface area is 178 Å². The van der Waals surface area contributed by atoms with Gasteiger partial charge in [-0.05, 0) is 30.3 Å². The Balaban J connectivity index is 1.74. The van der Waals surface area contributed by atoms with Crippen LogP contribution in [0.15, 0.2) is 54.2 Å². The van der Waals surface area contributed by atoms with Gasteiger partial charge in [0.2, 0.25) is 0 Å². The van der Waals surface area contributed by atoms with Crippen LogP contribution in [-0.4, -0.2) is 26.7 Å². The minimum atomic E-state index is -4.80. The molecule has 0 radical (unpaired) electrons. The van der Waals surface area contributed by atoms with Crippen LogP contribution in [0.4, 0.5) is 13.2 Å². The maximum Gasteiger partial charge on any atom is 0.435 e. The number of nitriles is 1. The molecule has 0 saturated heterocycles. The molecule has 6 nitrogen and oxygen atoms in total. The number of halogens is 5. The molecule has 0 aliphatic carbocycles. The highest BCUT2D eigenvalue weighted by Crippen LogP contribution is 2.49. The molecular weight excluding hydrogens is 442 g/mol. The van der Waals surface area contributed by atoms with E-state index in [1.165, 1.54) is 35.5 Å². The highest BCUT2D eigenvalue weighted by Gasteiger charge is 2.62. The monoisotopic (exact) mass is 451 g/mol. The van der Waals surface area contributed by atoms with Gasteiger partial charge in [0.1, 0.15) is 18.7 Å². The summed E-state index contributed by atoms with van der Waals surface area (Å²) in [6.45, 7) is 0. The lowest BCUT2D eigenvalue weighted by molar-refractivity contribution is -0.275. The molecule has 0 saturated carbocycles. The molecule has 3 aromatic rings. The van der Waals surface area contributed by atoms with Gasteiger partial charge in [0, 0.05) is 27.6 Å². The van der Waals surface area contributed by atoms with E-state index in [-0.39, 0.29) is 26.9 Å². The van der Waals surface area contributed by atoms with Crippen molar-refractivity contribution in [3.05, 3.63) is 75.8 Å². The number of oxime groups is 1. The summed E-state index contributed by atoms with van der Waals surface area (Å²) in [6.07, 6.45) is -2.70. The van der Waals surface area contributed by atoms with E-state index in [9.17, 15) is 18.4 Å². The zero-order valence-electron chi connectivity index (χ0n) is 14.9. The Morgan fingerprint density at radius 3 is 2.47 bits per heavy atom. The minimum Gasteiger partial charge on any atom is -0.374 e. The standard InChI is InChI=1S/C19H10Cl2F3N5O/c20-14-4-13(5-15(21)6-14)18(19(22,23)24)7-16(28-30-18)11-1-2-17(12(3-11)8-25)29-10-26-9-27-29/h1-6,9-10H,7H2/t18-/m1/s1. The first kappa shape index (κ1) is 20.2. The normalized spacial score (nSPS) is 18.6. The van der Waals surface area contributed by atoms with Crippen LogP contribution < -0.4 is 0 Å². The van der Waals surface area contributed by atoms with Gasteiger partial charge in [0.05, 0.1) is 17.0 Å². The maximum atomic E-state index is 14.1. The fraction of sp³-hybridized carbons (Fsp3) is 0.158. The molecular formula is C19H10Cl2F3N5O. The van der Waals surface area contributed by atoms with Crippen LogP contribution >= 0.6 is 23.2 Å². The van der Waals surface area contributed by atoms with E-state index in [0.29, 0.717) is 11.3 Å². The van der Waals surface area contributed by atoms with Crippen molar-refractivity contribution in [3.63, 3.8) is 0 Å². The van der Waals surface area contributed by atoms with Gasteiger partial charge in [0.15, 0.2) is 0 Å². The Kier molecular flexibility index (Phi) is 4.92. The van der Waals surface area contributed by atoms with E-state index in [1.54, 1.807) is 6.07 Å². The highest BCUT2D eigenvalue weighted by atomic mass is 35.5. The fourth-order valence-electron chi connectivity index (χ4n) is 3.18. The number of aromatic nitrogens is 3. The molecule has 2 aromatic carbocycles. The van der Waals surface area contributed by atoms with E-state index in [4.69, 9.17) is 28.0 Å². The summed E-state index contributed by atoms with van der Waals surface area (Å²) in [5.74, 6) is 0. The van der Waals surface area contributed by atoms with Gasteiger partial charge in [-0.3, -0.25) is 0 Å². The molecule has 1 aliphatic rings. The van der Waals surface area contributed by atoms with Crippen molar-refractivity contribution in [2.45, 2.75) is 18.2 Å². The van der Waals surface area contributed by atoms with Gasteiger partial charge >= 0.3 is 6.18 Å². The van der Waals surface area contributed by atoms with Gasteiger partial charge in [-0.15, -0.1) is 0 Å². The van der Waals surface area contributed by atoms with Crippen LogP contribution in [0.2, 0.25) is 10.0 Å². The largest absolute Gasteiger partial charge is 0.435 e. The van der Waals surface area contributed by atoms with Crippen molar-refractivity contribution in [1.82, 2.24) is 14.8 Å². The zero-order valence-corrected chi connectivity index (χ0v) is 16.4. The molecule has 0 unspecified atom stereocenters. The molecule has 0 fully saturated rings. The number of nitrogens with zero attached hydrogens (tertiary/aromatic N) is 5. The summed E-state index contributed by atoms with van der Waals surface area (Å²) in [5.41, 5.74) is -2.03. The van der Waals surface area contributed by atoms with Crippen LogP contribution in [0, 0.1) is 11.3 Å². The predicted octanol–water partition coefficient (Wildman–Crippen LogP) is 5.03. The fourth-order valence-corrected chi connectivity index (χ4v) is 3.71. The molecule has 4 rings (SSSR count). The van der Waals surface area contributed by atoms with E-state index in [2.05, 4.69) is 15.2 Å². The second-order valence-electron chi connectivity index (χ2n) is 6.47. The number of rotatable bonds is 3. The number of hydrogen-bond acceptors (Lipinski definition) is 5. The Morgan fingerprint density at radius 2 is 1.87 bits per heavy atom. The van der Waals surface area contributed by atoms with Gasteiger partial charge < -0.3 is 4.84 Å². The van der Waals surface area contributed by atoms with Crippen molar-refractivity contribution >= 4 is 28.9 Å². The van der Waals surface area contributed by atoms with Gasteiger partial charge in [0.25, 0.3) is 5.60 Å².